The zero-order chi connectivity index (χ0) is 13.1. The van der Waals surface area contributed by atoms with Gasteiger partial charge < -0.3 is 10.1 Å². The Morgan fingerprint density at radius 3 is 2.18 bits per heavy atom. The van der Waals surface area contributed by atoms with Crippen LogP contribution in [-0.4, -0.2) is 24.7 Å². The fourth-order valence-corrected chi connectivity index (χ4v) is 2.47. The van der Waals surface area contributed by atoms with E-state index in [0.29, 0.717) is 12.3 Å². The molecular formula is C14H28NO2+. The average molecular weight is 242 g/mol. The summed E-state index contributed by atoms with van der Waals surface area (Å²) < 4.78 is 5.70. The largest absolute Gasteiger partial charge is 0.459 e. The zero-order valence-corrected chi connectivity index (χ0v) is 12.0. The van der Waals surface area contributed by atoms with E-state index in [4.69, 9.17) is 4.74 Å². The molecule has 1 rings (SSSR count). The molecule has 0 atom stereocenters. The van der Waals surface area contributed by atoms with Crippen molar-refractivity contribution in [2.45, 2.75) is 59.5 Å². The summed E-state index contributed by atoms with van der Waals surface area (Å²) in [6, 6.07) is 0. The van der Waals surface area contributed by atoms with Crippen LogP contribution in [0.25, 0.3) is 0 Å². The first-order valence-corrected chi connectivity index (χ1v) is 6.74. The van der Waals surface area contributed by atoms with Crippen molar-refractivity contribution in [1.29, 1.82) is 0 Å². The Balaban J connectivity index is 2.50. The maximum atomic E-state index is 11.9. The van der Waals surface area contributed by atoms with Gasteiger partial charge in [-0.15, -0.1) is 0 Å². The number of nitrogens with two attached hydrogens (primary N) is 1. The van der Waals surface area contributed by atoms with E-state index in [0.717, 1.165) is 25.9 Å². The number of carbonyl (C=O) groups is 1. The van der Waals surface area contributed by atoms with Crippen LogP contribution in [0.3, 0.4) is 0 Å². The lowest BCUT2D eigenvalue weighted by Crippen LogP contribution is -2.86. The van der Waals surface area contributed by atoms with Gasteiger partial charge in [0.25, 0.3) is 0 Å². The van der Waals surface area contributed by atoms with Gasteiger partial charge in [-0.1, -0.05) is 20.8 Å². The van der Waals surface area contributed by atoms with Gasteiger partial charge in [0.1, 0.15) is 5.60 Å². The standard InChI is InChI=1S/C14H27NO2/c1-13(2,3)10-12(16)17-14(4,5)11-6-8-15-9-7-11/h11,15H,6-10H2,1-5H3/p+1. The molecule has 1 heterocycles. The maximum Gasteiger partial charge on any atom is 0.306 e. The van der Waals surface area contributed by atoms with Crippen LogP contribution in [0.1, 0.15) is 53.9 Å². The fourth-order valence-electron chi connectivity index (χ4n) is 2.47. The Morgan fingerprint density at radius 1 is 1.18 bits per heavy atom. The first-order chi connectivity index (χ1) is 7.71. The van der Waals surface area contributed by atoms with E-state index < -0.39 is 0 Å². The Hall–Kier alpha value is -0.570. The van der Waals surface area contributed by atoms with Crippen LogP contribution >= 0.6 is 0 Å². The molecule has 0 spiro atoms. The molecule has 0 aliphatic carbocycles. The van der Waals surface area contributed by atoms with Crippen LogP contribution in [0, 0.1) is 11.3 Å². The molecule has 1 aliphatic heterocycles. The topological polar surface area (TPSA) is 42.9 Å². The minimum atomic E-state index is -0.309. The third-order valence-corrected chi connectivity index (χ3v) is 3.47. The summed E-state index contributed by atoms with van der Waals surface area (Å²) >= 11 is 0. The van der Waals surface area contributed by atoms with Crippen molar-refractivity contribution in [2.24, 2.45) is 11.3 Å². The summed E-state index contributed by atoms with van der Waals surface area (Å²) in [5.41, 5.74) is -0.301. The average Bonchev–Trinajstić information content (AvgIpc) is 2.15. The molecule has 0 unspecified atom stereocenters. The molecule has 1 aliphatic rings. The van der Waals surface area contributed by atoms with Crippen LogP contribution in [0.2, 0.25) is 0 Å². The van der Waals surface area contributed by atoms with Crippen molar-refractivity contribution in [3.63, 3.8) is 0 Å². The lowest BCUT2D eigenvalue weighted by Gasteiger charge is -2.36. The van der Waals surface area contributed by atoms with E-state index in [9.17, 15) is 4.79 Å². The minimum absolute atomic E-state index is 0.00745. The highest BCUT2D eigenvalue weighted by molar-refractivity contribution is 5.70. The number of quaternary nitrogens is 1. The minimum Gasteiger partial charge on any atom is -0.459 e. The summed E-state index contributed by atoms with van der Waals surface area (Å²) in [6.07, 6.45) is 2.79. The molecule has 17 heavy (non-hydrogen) atoms. The lowest BCUT2D eigenvalue weighted by atomic mass is 9.83. The van der Waals surface area contributed by atoms with Gasteiger partial charge in [-0.05, 0) is 19.3 Å². The second kappa shape index (κ2) is 5.38. The van der Waals surface area contributed by atoms with Crippen molar-refractivity contribution in [1.82, 2.24) is 0 Å². The number of hydrogen-bond donors (Lipinski definition) is 1. The molecular weight excluding hydrogens is 214 g/mol. The van der Waals surface area contributed by atoms with Gasteiger partial charge >= 0.3 is 5.97 Å². The monoisotopic (exact) mass is 242 g/mol. The van der Waals surface area contributed by atoms with Crippen LogP contribution in [0.15, 0.2) is 0 Å². The van der Waals surface area contributed by atoms with Gasteiger partial charge in [-0.2, -0.15) is 0 Å². The number of ether oxygens (including phenoxy) is 1. The van der Waals surface area contributed by atoms with Crippen LogP contribution < -0.4 is 5.32 Å². The number of rotatable bonds is 3. The highest BCUT2D eigenvalue weighted by atomic mass is 16.6. The van der Waals surface area contributed by atoms with Crippen LogP contribution in [0.4, 0.5) is 0 Å². The molecule has 0 aromatic carbocycles. The van der Waals surface area contributed by atoms with Crippen LogP contribution in [-0.2, 0) is 9.53 Å². The molecule has 1 fully saturated rings. The molecule has 0 saturated carbocycles. The Bertz CT molecular complexity index is 260. The second-order valence-electron chi connectivity index (χ2n) is 6.96. The smallest absolute Gasteiger partial charge is 0.306 e. The predicted molar refractivity (Wildman–Crippen MR) is 68.6 cm³/mol. The Kier molecular flexibility index (Phi) is 4.59. The number of esters is 1. The molecule has 0 bridgehead atoms. The van der Waals surface area contributed by atoms with Gasteiger partial charge in [-0.3, -0.25) is 4.79 Å². The number of carbonyl (C=O) groups excluding carboxylic acids is 1. The molecule has 0 aromatic rings. The quantitative estimate of drug-likeness (QED) is 0.766. The summed E-state index contributed by atoms with van der Waals surface area (Å²) in [7, 11) is 0. The normalized spacial score (nSPS) is 19.1. The van der Waals surface area contributed by atoms with Gasteiger partial charge in [0.15, 0.2) is 0 Å². The highest BCUT2D eigenvalue weighted by Gasteiger charge is 2.35. The Labute approximate surface area is 105 Å². The summed E-state index contributed by atoms with van der Waals surface area (Å²) in [4.78, 5) is 11.9. The summed E-state index contributed by atoms with van der Waals surface area (Å²) in [5.74, 6) is 0.452. The number of piperidine rings is 1. The highest BCUT2D eigenvalue weighted by Crippen LogP contribution is 2.29. The van der Waals surface area contributed by atoms with Crippen molar-refractivity contribution < 1.29 is 14.8 Å². The fraction of sp³-hybridized carbons (Fsp3) is 0.929. The number of hydrogen-bond acceptors (Lipinski definition) is 2. The van der Waals surface area contributed by atoms with Crippen molar-refractivity contribution in [3.8, 4) is 0 Å². The zero-order valence-electron chi connectivity index (χ0n) is 12.0. The van der Waals surface area contributed by atoms with E-state index in [1.165, 1.54) is 0 Å². The summed E-state index contributed by atoms with van der Waals surface area (Å²) in [6.45, 7) is 12.6. The first-order valence-electron chi connectivity index (χ1n) is 6.74. The van der Waals surface area contributed by atoms with E-state index in [1.807, 2.05) is 0 Å². The molecule has 0 aromatic heterocycles. The third-order valence-electron chi connectivity index (χ3n) is 3.47. The van der Waals surface area contributed by atoms with Crippen molar-refractivity contribution >= 4 is 5.97 Å². The molecule has 100 valence electrons. The first kappa shape index (κ1) is 14.5. The molecule has 2 N–H and O–H groups in total. The van der Waals surface area contributed by atoms with E-state index in [1.54, 1.807) is 0 Å². The molecule has 0 radical (unpaired) electrons. The van der Waals surface area contributed by atoms with E-state index in [-0.39, 0.29) is 17.0 Å². The van der Waals surface area contributed by atoms with E-state index >= 15 is 0 Å². The Morgan fingerprint density at radius 2 is 1.71 bits per heavy atom. The third kappa shape index (κ3) is 5.07. The predicted octanol–water partition coefficient (Wildman–Crippen LogP) is 1.72. The van der Waals surface area contributed by atoms with E-state index in [2.05, 4.69) is 39.9 Å². The lowest BCUT2D eigenvalue weighted by molar-refractivity contribution is -0.665. The summed E-state index contributed by atoms with van der Waals surface area (Å²) in [5, 5.41) is 2.34. The molecule has 3 heteroatoms. The molecule has 3 nitrogen and oxygen atoms in total. The second-order valence-corrected chi connectivity index (χ2v) is 6.96. The van der Waals surface area contributed by atoms with Crippen LogP contribution in [0.5, 0.6) is 0 Å². The van der Waals surface area contributed by atoms with Gasteiger partial charge in [0, 0.05) is 18.8 Å². The van der Waals surface area contributed by atoms with Crippen molar-refractivity contribution in [3.05, 3.63) is 0 Å². The maximum absolute atomic E-state index is 11.9. The van der Waals surface area contributed by atoms with Gasteiger partial charge in [0.2, 0.25) is 0 Å². The van der Waals surface area contributed by atoms with Crippen molar-refractivity contribution in [2.75, 3.05) is 13.1 Å². The SMILES string of the molecule is CC(C)(C)CC(=O)OC(C)(C)C1CC[NH2+]CC1. The van der Waals surface area contributed by atoms with Gasteiger partial charge in [-0.25, -0.2) is 0 Å². The van der Waals surface area contributed by atoms with Gasteiger partial charge in [0.05, 0.1) is 19.5 Å². The molecule has 1 saturated heterocycles. The molecule has 0 amide bonds.